The Balaban J connectivity index is 2.08. The van der Waals surface area contributed by atoms with Gasteiger partial charge in [0, 0.05) is 18.8 Å². The van der Waals surface area contributed by atoms with E-state index in [-0.39, 0.29) is 0 Å². The zero-order chi connectivity index (χ0) is 15.1. The largest absolute Gasteiger partial charge is 0.439 e. The number of hydrogen-bond donors (Lipinski definition) is 1. The molecular weight excluding hydrogens is 284 g/mol. The number of halogens is 1. The highest BCUT2D eigenvalue weighted by molar-refractivity contribution is 6.31. The predicted octanol–water partition coefficient (Wildman–Crippen LogP) is 4.59. The minimum absolute atomic E-state index is 0.565. The van der Waals surface area contributed by atoms with Crippen LogP contribution in [0.3, 0.4) is 0 Å². The van der Waals surface area contributed by atoms with E-state index in [1.807, 2.05) is 18.2 Å². The molecule has 21 heavy (non-hydrogen) atoms. The molecule has 0 aliphatic carbocycles. The molecule has 2 aromatic rings. The maximum Gasteiger partial charge on any atom is 0.219 e. The van der Waals surface area contributed by atoms with Gasteiger partial charge in [0.05, 0.1) is 5.02 Å². The number of aromatic nitrogens is 1. The first kappa shape index (κ1) is 15.8. The number of rotatable bonds is 7. The fraction of sp³-hybridized carbons (Fsp3) is 0.353. The van der Waals surface area contributed by atoms with Crippen molar-refractivity contribution in [2.45, 2.75) is 33.2 Å². The summed E-state index contributed by atoms with van der Waals surface area (Å²) >= 11 is 6.13. The highest BCUT2D eigenvalue weighted by Gasteiger charge is 2.05. The first-order valence-electron chi connectivity index (χ1n) is 7.34. The number of nitrogens with one attached hydrogen (secondary N) is 1. The SMILES string of the molecule is CCCc1ccc(Oc2cc(CNCC)c(Cl)cn2)cc1. The third-order valence-corrected chi connectivity index (χ3v) is 3.50. The Bertz CT molecular complexity index is 570. The normalized spacial score (nSPS) is 10.6. The maximum absolute atomic E-state index is 6.13. The van der Waals surface area contributed by atoms with E-state index in [9.17, 15) is 0 Å². The van der Waals surface area contributed by atoms with Gasteiger partial charge < -0.3 is 10.1 Å². The Kier molecular flexibility index (Phi) is 6.03. The molecule has 0 atom stereocenters. The number of nitrogens with zero attached hydrogens (tertiary/aromatic N) is 1. The molecule has 0 aliphatic rings. The van der Waals surface area contributed by atoms with Gasteiger partial charge in [-0.05, 0) is 36.2 Å². The third kappa shape index (κ3) is 4.73. The van der Waals surface area contributed by atoms with E-state index < -0.39 is 0 Å². The molecule has 3 nitrogen and oxygen atoms in total. The summed E-state index contributed by atoms with van der Waals surface area (Å²) in [5.41, 5.74) is 2.31. The molecular formula is C17H21ClN2O. The van der Waals surface area contributed by atoms with Crippen molar-refractivity contribution < 1.29 is 4.74 Å². The standard InChI is InChI=1S/C17H21ClN2O/c1-3-5-13-6-8-15(9-7-13)21-17-10-14(11-19-4-2)16(18)12-20-17/h6-10,12,19H,3-5,11H2,1-2H3. The molecule has 0 amide bonds. The summed E-state index contributed by atoms with van der Waals surface area (Å²) in [5, 5.41) is 3.90. The number of pyridine rings is 1. The summed E-state index contributed by atoms with van der Waals surface area (Å²) in [6, 6.07) is 10.0. The van der Waals surface area contributed by atoms with Gasteiger partial charge >= 0.3 is 0 Å². The Morgan fingerprint density at radius 3 is 2.62 bits per heavy atom. The van der Waals surface area contributed by atoms with Crippen LogP contribution in [0, 0.1) is 0 Å². The molecule has 0 spiro atoms. The van der Waals surface area contributed by atoms with Crippen molar-refractivity contribution in [2.24, 2.45) is 0 Å². The lowest BCUT2D eigenvalue weighted by molar-refractivity contribution is 0.461. The molecule has 4 heteroatoms. The highest BCUT2D eigenvalue weighted by atomic mass is 35.5. The second kappa shape index (κ2) is 8.01. The van der Waals surface area contributed by atoms with Crippen LogP contribution in [0.25, 0.3) is 0 Å². The van der Waals surface area contributed by atoms with Crippen LogP contribution in [0.4, 0.5) is 0 Å². The van der Waals surface area contributed by atoms with Gasteiger partial charge in [-0.3, -0.25) is 0 Å². The summed E-state index contributed by atoms with van der Waals surface area (Å²) in [6.07, 6.45) is 3.87. The molecule has 112 valence electrons. The van der Waals surface area contributed by atoms with E-state index in [2.05, 4.69) is 36.3 Å². The van der Waals surface area contributed by atoms with Gasteiger partial charge in [-0.15, -0.1) is 0 Å². The van der Waals surface area contributed by atoms with Crippen LogP contribution in [0.15, 0.2) is 36.5 Å². The molecule has 0 saturated carbocycles. The van der Waals surface area contributed by atoms with Crippen LogP contribution < -0.4 is 10.1 Å². The van der Waals surface area contributed by atoms with Crippen molar-refractivity contribution in [3.8, 4) is 11.6 Å². The smallest absolute Gasteiger partial charge is 0.219 e. The lowest BCUT2D eigenvalue weighted by Crippen LogP contribution is -2.12. The second-order valence-electron chi connectivity index (χ2n) is 4.89. The number of hydrogen-bond acceptors (Lipinski definition) is 3. The van der Waals surface area contributed by atoms with Gasteiger partial charge in [0.15, 0.2) is 0 Å². The number of benzene rings is 1. The molecule has 0 radical (unpaired) electrons. The molecule has 1 N–H and O–H groups in total. The molecule has 1 aromatic heterocycles. The number of ether oxygens (including phenoxy) is 1. The molecule has 1 aromatic carbocycles. The summed E-state index contributed by atoms with van der Waals surface area (Å²) < 4.78 is 5.79. The topological polar surface area (TPSA) is 34.1 Å². The van der Waals surface area contributed by atoms with Gasteiger partial charge in [0.25, 0.3) is 0 Å². The van der Waals surface area contributed by atoms with E-state index in [4.69, 9.17) is 16.3 Å². The summed E-state index contributed by atoms with van der Waals surface area (Å²) in [4.78, 5) is 4.22. The van der Waals surface area contributed by atoms with Crippen LogP contribution in [0.1, 0.15) is 31.4 Å². The molecule has 1 heterocycles. The minimum Gasteiger partial charge on any atom is -0.439 e. The number of aryl methyl sites for hydroxylation is 1. The van der Waals surface area contributed by atoms with Crippen LogP contribution >= 0.6 is 11.6 Å². The van der Waals surface area contributed by atoms with Crippen LogP contribution in [0.2, 0.25) is 5.02 Å². The molecule has 0 fully saturated rings. The van der Waals surface area contributed by atoms with Crippen LogP contribution in [-0.2, 0) is 13.0 Å². The molecule has 0 unspecified atom stereocenters. The Labute approximate surface area is 131 Å². The average molecular weight is 305 g/mol. The van der Waals surface area contributed by atoms with Crippen molar-refractivity contribution in [3.63, 3.8) is 0 Å². The Morgan fingerprint density at radius 1 is 1.19 bits per heavy atom. The zero-order valence-corrected chi connectivity index (χ0v) is 13.3. The van der Waals surface area contributed by atoms with Crippen LogP contribution in [0.5, 0.6) is 11.6 Å². The fourth-order valence-electron chi connectivity index (χ4n) is 2.04. The van der Waals surface area contributed by atoms with Crippen molar-refractivity contribution in [2.75, 3.05) is 6.54 Å². The molecule has 0 aliphatic heterocycles. The highest BCUT2D eigenvalue weighted by Crippen LogP contribution is 2.24. The third-order valence-electron chi connectivity index (χ3n) is 3.16. The lowest BCUT2D eigenvalue weighted by Gasteiger charge is -2.09. The van der Waals surface area contributed by atoms with Crippen molar-refractivity contribution in [1.29, 1.82) is 0 Å². The summed E-state index contributed by atoms with van der Waals surface area (Å²) in [7, 11) is 0. The van der Waals surface area contributed by atoms with E-state index in [1.54, 1.807) is 6.20 Å². The predicted molar refractivity (Wildman–Crippen MR) is 87.1 cm³/mol. The van der Waals surface area contributed by atoms with E-state index >= 15 is 0 Å². The van der Waals surface area contributed by atoms with Crippen molar-refractivity contribution in [1.82, 2.24) is 10.3 Å². The molecule has 2 rings (SSSR count). The van der Waals surface area contributed by atoms with Gasteiger partial charge in [-0.2, -0.15) is 0 Å². The molecule has 0 saturated heterocycles. The average Bonchev–Trinajstić information content (AvgIpc) is 2.50. The van der Waals surface area contributed by atoms with Crippen LogP contribution in [-0.4, -0.2) is 11.5 Å². The first-order valence-corrected chi connectivity index (χ1v) is 7.72. The van der Waals surface area contributed by atoms with Gasteiger partial charge in [0.1, 0.15) is 5.75 Å². The van der Waals surface area contributed by atoms with Crippen molar-refractivity contribution >= 4 is 11.6 Å². The monoisotopic (exact) mass is 304 g/mol. The van der Waals surface area contributed by atoms with Crippen molar-refractivity contribution in [3.05, 3.63) is 52.7 Å². The van der Waals surface area contributed by atoms with Gasteiger partial charge in [-0.1, -0.05) is 44.0 Å². The fourth-order valence-corrected chi connectivity index (χ4v) is 2.21. The quantitative estimate of drug-likeness (QED) is 0.812. The summed E-state index contributed by atoms with van der Waals surface area (Å²) in [5.74, 6) is 1.36. The molecule has 0 bridgehead atoms. The van der Waals surface area contributed by atoms with Gasteiger partial charge in [0.2, 0.25) is 5.88 Å². The van der Waals surface area contributed by atoms with Gasteiger partial charge in [-0.25, -0.2) is 4.98 Å². The minimum atomic E-state index is 0.565. The summed E-state index contributed by atoms with van der Waals surface area (Å²) in [6.45, 7) is 5.84. The maximum atomic E-state index is 6.13. The Morgan fingerprint density at radius 2 is 1.95 bits per heavy atom. The van der Waals surface area contributed by atoms with E-state index in [0.29, 0.717) is 17.4 Å². The Hall–Kier alpha value is -1.58. The van der Waals surface area contributed by atoms with E-state index in [0.717, 1.165) is 30.7 Å². The van der Waals surface area contributed by atoms with E-state index in [1.165, 1.54) is 5.56 Å². The zero-order valence-electron chi connectivity index (χ0n) is 12.5. The lowest BCUT2D eigenvalue weighted by atomic mass is 10.1. The second-order valence-corrected chi connectivity index (χ2v) is 5.30. The first-order chi connectivity index (χ1) is 10.2.